The normalized spacial score (nSPS) is 19.5. The zero-order valence-corrected chi connectivity index (χ0v) is 28.8. The van der Waals surface area contributed by atoms with Crippen molar-refractivity contribution in [3.63, 3.8) is 0 Å². The number of rotatable bonds is 2. The molecule has 2 spiro atoms. The maximum absolute atomic E-state index is 2.52. The molecule has 5 aromatic carbocycles. The van der Waals surface area contributed by atoms with Crippen LogP contribution in [-0.4, -0.2) is 35.1 Å². The summed E-state index contributed by atoms with van der Waals surface area (Å²) < 4.78 is 2.55. The fourth-order valence-electron chi connectivity index (χ4n) is 9.51. The summed E-state index contributed by atoms with van der Waals surface area (Å²) >= 11 is 0. The number of hydrogen-bond acceptors (Lipinski definition) is 0. The zero-order chi connectivity index (χ0) is 27.7. The van der Waals surface area contributed by atoms with Gasteiger partial charge >= 0.3 is 0 Å². The first-order valence-electron chi connectivity index (χ1n) is 16.6. The standard InChI is InChI=1S/C40H42N2.2BrH/c1-7-19-41(20-8-1)25-33-23-31-11-3-5-13-35(31)39(37(33)27-41)29-15-17-30(18-16-29)40-36-14-6-4-12-32(36)24-34-26-42(28-38(34)40)21-9-2-10-22-42;;/h3-6,11-18,23-24H,1-2,7-10,19-22,25-28H2;2*1H/q+2;;/p-2. The van der Waals surface area contributed by atoms with Crippen LogP contribution in [-0.2, 0) is 26.2 Å². The van der Waals surface area contributed by atoms with Crippen LogP contribution in [0.25, 0.3) is 43.8 Å². The summed E-state index contributed by atoms with van der Waals surface area (Å²) in [6, 6.07) is 33.1. The van der Waals surface area contributed by atoms with Crippen LogP contribution in [0, 0.1) is 0 Å². The molecule has 4 aliphatic rings. The van der Waals surface area contributed by atoms with E-state index in [2.05, 4.69) is 84.9 Å². The van der Waals surface area contributed by atoms with Gasteiger partial charge in [0.25, 0.3) is 0 Å². The molecule has 4 heteroatoms. The van der Waals surface area contributed by atoms with Gasteiger partial charge in [-0.25, -0.2) is 0 Å². The molecule has 2 fully saturated rings. The van der Waals surface area contributed by atoms with E-state index >= 15 is 0 Å². The van der Waals surface area contributed by atoms with Crippen LogP contribution in [0.15, 0.2) is 84.9 Å². The molecule has 226 valence electrons. The number of fused-ring (bicyclic) bond motifs is 4. The fraction of sp³-hybridized carbons (Fsp3) is 0.350. The van der Waals surface area contributed by atoms with Gasteiger partial charge in [-0.05, 0) is 94.5 Å². The lowest BCUT2D eigenvalue weighted by Gasteiger charge is -2.37. The van der Waals surface area contributed by atoms with Crippen LogP contribution in [0.5, 0.6) is 0 Å². The lowest BCUT2D eigenvalue weighted by atomic mass is 9.88. The number of hydrogen-bond donors (Lipinski definition) is 0. The first kappa shape index (κ1) is 30.2. The zero-order valence-electron chi connectivity index (χ0n) is 25.6. The third-order valence-electron chi connectivity index (χ3n) is 11.5. The molecule has 2 saturated heterocycles. The van der Waals surface area contributed by atoms with Crippen molar-refractivity contribution in [1.82, 2.24) is 0 Å². The number of nitrogens with zero attached hydrogens (tertiary/aromatic N) is 2. The molecule has 4 heterocycles. The second-order valence-electron chi connectivity index (χ2n) is 14.1. The Bertz CT molecular complexity index is 1710. The third-order valence-corrected chi connectivity index (χ3v) is 11.5. The highest BCUT2D eigenvalue weighted by molar-refractivity contribution is 6.01. The quantitative estimate of drug-likeness (QED) is 0.247. The summed E-state index contributed by atoms with van der Waals surface area (Å²) in [7, 11) is 0. The molecule has 0 amide bonds. The molecule has 5 aromatic rings. The molecule has 9 rings (SSSR count). The fourth-order valence-corrected chi connectivity index (χ4v) is 9.51. The Morgan fingerprint density at radius 1 is 0.409 bits per heavy atom. The van der Waals surface area contributed by atoms with E-state index in [1.54, 1.807) is 22.3 Å². The van der Waals surface area contributed by atoms with Crippen molar-refractivity contribution in [3.05, 3.63) is 107 Å². The second-order valence-corrected chi connectivity index (χ2v) is 14.1. The molecule has 0 N–H and O–H groups in total. The largest absolute Gasteiger partial charge is 1.00 e. The van der Waals surface area contributed by atoms with Crippen molar-refractivity contribution < 1.29 is 42.9 Å². The lowest BCUT2D eigenvalue weighted by Crippen LogP contribution is -3.00. The molecule has 0 saturated carbocycles. The Kier molecular flexibility index (Phi) is 8.02. The highest BCUT2D eigenvalue weighted by Crippen LogP contribution is 2.46. The Balaban J connectivity index is 0.00000156. The minimum absolute atomic E-state index is 0. The van der Waals surface area contributed by atoms with Crippen molar-refractivity contribution in [2.24, 2.45) is 0 Å². The Hall–Kier alpha value is -2.50. The minimum atomic E-state index is 0. The number of piperidine rings is 2. The Labute approximate surface area is 283 Å². The summed E-state index contributed by atoms with van der Waals surface area (Å²) in [5, 5.41) is 5.64. The smallest absolute Gasteiger partial charge is 0.106 e. The molecule has 2 nitrogen and oxygen atoms in total. The average Bonchev–Trinajstić information content (AvgIpc) is 3.55. The summed E-state index contributed by atoms with van der Waals surface area (Å²) in [5.41, 5.74) is 12.2. The van der Waals surface area contributed by atoms with E-state index in [-0.39, 0.29) is 34.0 Å². The molecule has 0 unspecified atom stereocenters. The molecule has 0 aliphatic carbocycles. The van der Waals surface area contributed by atoms with Gasteiger partial charge in [-0.1, -0.05) is 72.8 Å². The molecule has 44 heavy (non-hydrogen) atoms. The van der Waals surface area contributed by atoms with E-state index in [9.17, 15) is 0 Å². The van der Waals surface area contributed by atoms with E-state index in [0.717, 1.165) is 0 Å². The number of benzene rings is 5. The van der Waals surface area contributed by atoms with Gasteiger partial charge in [0, 0.05) is 22.3 Å². The first-order valence-corrected chi connectivity index (χ1v) is 16.6. The molecule has 0 aromatic heterocycles. The van der Waals surface area contributed by atoms with E-state index in [1.165, 1.54) is 144 Å². The number of halogens is 2. The van der Waals surface area contributed by atoms with E-state index in [1.807, 2.05) is 0 Å². The van der Waals surface area contributed by atoms with Gasteiger partial charge in [-0.15, -0.1) is 0 Å². The van der Waals surface area contributed by atoms with E-state index in [0.29, 0.717) is 0 Å². The average molecular weight is 711 g/mol. The topological polar surface area (TPSA) is 0 Å². The van der Waals surface area contributed by atoms with Gasteiger partial charge < -0.3 is 42.9 Å². The maximum Gasteiger partial charge on any atom is 0.106 e. The maximum atomic E-state index is 2.52. The molecule has 4 aliphatic heterocycles. The lowest BCUT2D eigenvalue weighted by molar-refractivity contribution is -0.951. The van der Waals surface area contributed by atoms with Gasteiger partial charge in [0.15, 0.2) is 0 Å². The van der Waals surface area contributed by atoms with Crippen molar-refractivity contribution in [2.45, 2.75) is 64.7 Å². The van der Waals surface area contributed by atoms with Crippen LogP contribution >= 0.6 is 0 Å². The van der Waals surface area contributed by atoms with Gasteiger partial charge in [0.2, 0.25) is 0 Å². The molecule has 0 atom stereocenters. The van der Waals surface area contributed by atoms with Crippen LogP contribution in [0.1, 0.15) is 60.8 Å². The van der Waals surface area contributed by atoms with E-state index in [4.69, 9.17) is 0 Å². The van der Waals surface area contributed by atoms with Crippen molar-refractivity contribution in [2.75, 3.05) is 26.2 Å². The highest BCUT2D eigenvalue weighted by atomic mass is 79.9. The van der Waals surface area contributed by atoms with Crippen molar-refractivity contribution >= 4 is 21.5 Å². The summed E-state index contributed by atoms with van der Waals surface area (Å²) in [6.07, 6.45) is 8.34. The van der Waals surface area contributed by atoms with Gasteiger partial charge in [-0.2, -0.15) is 0 Å². The van der Waals surface area contributed by atoms with Crippen LogP contribution in [0.4, 0.5) is 0 Å². The minimum Gasteiger partial charge on any atom is -1.00 e. The van der Waals surface area contributed by atoms with Crippen molar-refractivity contribution in [3.8, 4) is 22.3 Å². The van der Waals surface area contributed by atoms with Crippen LogP contribution in [0.2, 0.25) is 0 Å². The van der Waals surface area contributed by atoms with E-state index < -0.39 is 0 Å². The molecular formula is C40H42Br2N2. The Morgan fingerprint density at radius 3 is 1.20 bits per heavy atom. The van der Waals surface area contributed by atoms with Gasteiger partial charge in [0.05, 0.1) is 26.2 Å². The highest BCUT2D eigenvalue weighted by Gasteiger charge is 2.40. The summed E-state index contributed by atoms with van der Waals surface area (Å²) in [5.74, 6) is 0. The van der Waals surface area contributed by atoms with Gasteiger partial charge in [0.1, 0.15) is 26.2 Å². The Morgan fingerprint density at radius 2 is 0.795 bits per heavy atom. The summed E-state index contributed by atoms with van der Waals surface area (Å²) in [6.45, 7) is 10.2. The molecule has 0 radical (unpaired) electrons. The van der Waals surface area contributed by atoms with Crippen molar-refractivity contribution in [1.29, 1.82) is 0 Å². The summed E-state index contributed by atoms with van der Waals surface area (Å²) in [4.78, 5) is 0. The monoisotopic (exact) mass is 708 g/mol. The molecular weight excluding hydrogens is 668 g/mol. The predicted molar refractivity (Wildman–Crippen MR) is 175 cm³/mol. The van der Waals surface area contributed by atoms with Crippen LogP contribution in [0.3, 0.4) is 0 Å². The second kappa shape index (κ2) is 11.7. The SMILES string of the molecule is [Br-].[Br-].c1ccc2c(-c3ccc(-c4c5c(cc6ccccc46)C[N+]4(CCCCC4)C5)cc3)c3c(cc2c1)C[N+]1(CCCCC1)C3. The first-order chi connectivity index (χ1) is 20.7. The van der Waals surface area contributed by atoms with Crippen LogP contribution < -0.4 is 34.0 Å². The van der Waals surface area contributed by atoms with Gasteiger partial charge in [-0.3, -0.25) is 0 Å². The third kappa shape index (κ3) is 4.88. The molecule has 0 bridgehead atoms. The predicted octanol–water partition coefficient (Wildman–Crippen LogP) is 3.36. The number of quaternary nitrogens is 2.